The van der Waals surface area contributed by atoms with Crippen LogP contribution in [0.3, 0.4) is 0 Å². The van der Waals surface area contributed by atoms with Gasteiger partial charge in [0.15, 0.2) is 6.61 Å². The van der Waals surface area contributed by atoms with Crippen LogP contribution in [0.15, 0.2) is 53.4 Å². The van der Waals surface area contributed by atoms with Gasteiger partial charge in [-0.25, -0.2) is 8.42 Å². The quantitative estimate of drug-likeness (QED) is 0.793. The molecule has 2 rings (SSSR count). The Bertz CT molecular complexity index is 813. The van der Waals surface area contributed by atoms with Crippen LogP contribution in [0.1, 0.15) is 19.4 Å². The molecule has 7 heteroatoms. The van der Waals surface area contributed by atoms with Crippen LogP contribution in [-0.2, 0) is 14.8 Å². The van der Waals surface area contributed by atoms with E-state index in [1.54, 1.807) is 12.1 Å². The second-order valence-corrected chi connectivity index (χ2v) is 7.64. The Morgan fingerprint density at radius 1 is 1.04 bits per heavy atom. The van der Waals surface area contributed by atoms with E-state index in [-0.39, 0.29) is 23.5 Å². The van der Waals surface area contributed by atoms with E-state index in [0.29, 0.717) is 11.4 Å². The Hall–Kier alpha value is -2.54. The van der Waals surface area contributed by atoms with Crippen LogP contribution >= 0.6 is 0 Å². The highest BCUT2D eigenvalue weighted by atomic mass is 32.2. The zero-order valence-electron chi connectivity index (χ0n) is 14.4. The summed E-state index contributed by atoms with van der Waals surface area (Å²) in [6.45, 7) is 5.53. The van der Waals surface area contributed by atoms with E-state index in [2.05, 4.69) is 10.0 Å². The van der Waals surface area contributed by atoms with Crippen LogP contribution in [0.4, 0.5) is 5.69 Å². The molecular weight excluding hydrogens is 340 g/mol. The summed E-state index contributed by atoms with van der Waals surface area (Å²) in [6.07, 6.45) is 0. The third-order valence-corrected chi connectivity index (χ3v) is 4.65. The van der Waals surface area contributed by atoms with Gasteiger partial charge in [-0.2, -0.15) is 0 Å². The number of hydrogen-bond acceptors (Lipinski definition) is 4. The van der Waals surface area contributed by atoms with Gasteiger partial charge in [0.05, 0.1) is 4.90 Å². The Kier molecular flexibility index (Phi) is 6.03. The second kappa shape index (κ2) is 8.02. The van der Waals surface area contributed by atoms with Gasteiger partial charge < -0.3 is 10.1 Å². The van der Waals surface area contributed by atoms with Crippen LogP contribution < -0.4 is 14.8 Å². The molecule has 0 saturated heterocycles. The van der Waals surface area contributed by atoms with E-state index in [1.807, 2.05) is 32.9 Å². The average Bonchev–Trinajstić information content (AvgIpc) is 2.55. The summed E-state index contributed by atoms with van der Waals surface area (Å²) in [5.41, 5.74) is 1.54. The highest BCUT2D eigenvalue weighted by Crippen LogP contribution is 2.19. The lowest BCUT2D eigenvalue weighted by Crippen LogP contribution is -2.34. The molecule has 0 bridgehead atoms. The van der Waals surface area contributed by atoms with Crippen molar-refractivity contribution in [2.45, 2.75) is 31.7 Å². The Balaban J connectivity index is 2.00. The molecule has 25 heavy (non-hydrogen) atoms. The summed E-state index contributed by atoms with van der Waals surface area (Å²) >= 11 is 0. The lowest BCUT2D eigenvalue weighted by Gasteiger charge is -2.11. The molecule has 134 valence electrons. The number of amides is 1. The first-order chi connectivity index (χ1) is 11.8. The van der Waals surface area contributed by atoms with Crippen molar-refractivity contribution in [1.29, 1.82) is 0 Å². The minimum absolute atomic E-state index is 0.0384. The first kappa shape index (κ1) is 18.8. The van der Waals surface area contributed by atoms with E-state index < -0.39 is 10.0 Å². The van der Waals surface area contributed by atoms with Gasteiger partial charge in [0, 0.05) is 11.7 Å². The first-order valence-electron chi connectivity index (χ1n) is 7.88. The predicted octanol–water partition coefficient (Wildman–Crippen LogP) is 2.70. The number of hydrogen-bond donors (Lipinski definition) is 2. The standard InChI is InChI=1S/C18H22N2O4S/c1-13(2)19-18(21)12-24-16-8-10-17(11-9-16)25(22,23)20-15-6-4-14(3)5-7-15/h4-11,13,20H,12H2,1-3H3,(H,19,21). The van der Waals surface area contributed by atoms with Crippen LogP contribution in [0.2, 0.25) is 0 Å². The van der Waals surface area contributed by atoms with Gasteiger partial charge in [0.1, 0.15) is 5.75 Å². The molecule has 0 radical (unpaired) electrons. The van der Waals surface area contributed by atoms with Crippen molar-refractivity contribution in [2.24, 2.45) is 0 Å². The third-order valence-electron chi connectivity index (χ3n) is 3.26. The van der Waals surface area contributed by atoms with Crippen molar-refractivity contribution >= 4 is 21.6 Å². The fourth-order valence-electron chi connectivity index (χ4n) is 2.06. The molecule has 1 amide bonds. The van der Waals surface area contributed by atoms with Gasteiger partial charge in [-0.3, -0.25) is 9.52 Å². The van der Waals surface area contributed by atoms with Crippen molar-refractivity contribution in [3.8, 4) is 5.75 Å². The van der Waals surface area contributed by atoms with Gasteiger partial charge >= 0.3 is 0 Å². The largest absolute Gasteiger partial charge is 0.484 e. The fraction of sp³-hybridized carbons (Fsp3) is 0.278. The van der Waals surface area contributed by atoms with Crippen molar-refractivity contribution in [3.05, 3.63) is 54.1 Å². The smallest absolute Gasteiger partial charge is 0.261 e. The van der Waals surface area contributed by atoms with Crippen molar-refractivity contribution in [2.75, 3.05) is 11.3 Å². The lowest BCUT2D eigenvalue weighted by molar-refractivity contribution is -0.123. The first-order valence-corrected chi connectivity index (χ1v) is 9.36. The van der Waals surface area contributed by atoms with E-state index >= 15 is 0 Å². The molecule has 2 N–H and O–H groups in total. The van der Waals surface area contributed by atoms with Crippen molar-refractivity contribution < 1.29 is 17.9 Å². The topological polar surface area (TPSA) is 84.5 Å². The molecular formula is C18H22N2O4S. The number of ether oxygens (including phenoxy) is 1. The molecule has 0 heterocycles. The number of nitrogens with one attached hydrogen (secondary N) is 2. The summed E-state index contributed by atoms with van der Waals surface area (Å²) in [5, 5.41) is 2.71. The van der Waals surface area contributed by atoms with E-state index in [4.69, 9.17) is 4.74 Å². The molecule has 0 saturated carbocycles. The SMILES string of the molecule is Cc1ccc(NS(=O)(=O)c2ccc(OCC(=O)NC(C)C)cc2)cc1. The summed E-state index contributed by atoms with van der Waals surface area (Å²) < 4.78 is 32.6. The number of carbonyl (C=O) groups excluding carboxylic acids is 1. The molecule has 0 atom stereocenters. The molecule has 0 fully saturated rings. The van der Waals surface area contributed by atoms with Gasteiger partial charge in [0.2, 0.25) is 0 Å². The maximum Gasteiger partial charge on any atom is 0.261 e. The van der Waals surface area contributed by atoms with Gasteiger partial charge in [-0.15, -0.1) is 0 Å². The maximum atomic E-state index is 12.4. The Labute approximate surface area is 148 Å². The minimum Gasteiger partial charge on any atom is -0.484 e. The van der Waals surface area contributed by atoms with E-state index in [9.17, 15) is 13.2 Å². The van der Waals surface area contributed by atoms with Gasteiger partial charge in [-0.05, 0) is 57.2 Å². The number of carbonyl (C=O) groups is 1. The summed E-state index contributed by atoms with van der Waals surface area (Å²) in [5.74, 6) is 0.195. The third kappa shape index (κ3) is 5.79. The predicted molar refractivity (Wildman–Crippen MR) is 97.2 cm³/mol. The van der Waals surface area contributed by atoms with E-state index in [1.165, 1.54) is 24.3 Å². The fourth-order valence-corrected chi connectivity index (χ4v) is 3.12. The normalized spacial score (nSPS) is 11.2. The molecule has 6 nitrogen and oxygen atoms in total. The zero-order valence-corrected chi connectivity index (χ0v) is 15.3. The second-order valence-electron chi connectivity index (χ2n) is 5.95. The van der Waals surface area contributed by atoms with E-state index in [0.717, 1.165) is 5.56 Å². The highest BCUT2D eigenvalue weighted by Gasteiger charge is 2.14. The summed E-state index contributed by atoms with van der Waals surface area (Å²) in [4.78, 5) is 11.7. The number of rotatable bonds is 7. The molecule has 2 aromatic carbocycles. The van der Waals surface area contributed by atoms with Crippen LogP contribution in [-0.4, -0.2) is 27.0 Å². The molecule has 0 unspecified atom stereocenters. The molecule has 0 aromatic heterocycles. The minimum atomic E-state index is -3.67. The molecule has 2 aromatic rings. The van der Waals surface area contributed by atoms with Crippen molar-refractivity contribution in [1.82, 2.24) is 5.32 Å². The Morgan fingerprint density at radius 2 is 1.64 bits per heavy atom. The van der Waals surface area contributed by atoms with Gasteiger partial charge in [0.25, 0.3) is 15.9 Å². The van der Waals surface area contributed by atoms with Crippen molar-refractivity contribution in [3.63, 3.8) is 0 Å². The zero-order chi connectivity index (χ0) is 18.4. The summed E-state index contributed by atoms with van der Waals surface area (Å²) in [6, 6.07) is 13.0. The number of anilines is 1. The maximum absolute atomic E-state index is 12.4. The number of sulfonamides is 1. The molecule has 0 aliphatic heterocycles. The number of benzene rings is 2. The highest BCUT2D eigenvalue weighted by molar-refractivity contribution is 7.92. The molecule has 0 aliphatic rings. The van der Waals surface area contributed by atoms with Crippen LogP contribution in [0.25, 0.3) is 0 Å². The summed E-state index contributed by atoms with van der Waals surface area (Å²) in [7, 11) is -3.67. The number of aryl methyl sites for hydroxylation is 1. The Morgan fingerprint density at radius 3 is 2.20 bits per heavy atom. The van der Waals surface area contributed by atoms with Gasteiger partial charge in [-0.1, -0.05) is 17.7 Å². The molecule has 0 spiro atoms. The monoisotopic (exact) mass is 362 g/mol. The lowest BCUT2D eigenvalue weighted by atomic mass is 10.2. The average molecular weight is 362 g/mol. The van der Waals surface area contributed by atoms with Crippen LogP contribution in [0.5, 0.6) is 5.75 Å². The van der Waals surface area contributed by atoms with Crippen LogP contribution in [0, 0.1) is 6.92 Å². The molecule has 0 aliphatic carbocycles.